The lowest BCUT2D eigenvalue weighted by atomic mass is 10.0. The SMILES string of the molecule is Cc1ccc(-n2c(C)cc(/C=N/NC(=O)CN(c3ccc(C(C)C)cc3)S(=O)(=O)c3ccccc3)c2C)cc1C. The lowest BCUT2D eigenvalue weighted by molar-refractivity contribution is -0.119. The summed E-state index contributed by atoms with van der Waals surface area (Å²) in [6, 6.07) is 23.7. The highest BCUT2D eigenvalue weighted by atomic mass is 32.2. The van der Waals surface area contributed by atoms with Crippen LogP contribution in [0.2, 0.25) is 0 Å². The van der Waals surface area contributed by atoms with E-state index in [1.165, 1.54) is 23.3 Å². The van der Waals surface area contributed by atoms with Crippen molar-refractivity contribution in [1.29, 1.82) is 0 Å². The zero-order valence-electron chi connectivity index (χ0n) is 23.8. The van der Waals surface area contributed by atoms with E-state index in [4.69, 9.17) is 0 Å². The molecule has 0 aliphatic heterocycles. The lowest BCUT2D eigenvalue weighted by Crippen LogP contribution is -2.39. The van der Waals surface area contributed by atoms with E-state index < -0.39 is 22.5 Å². The predicted molar refractivity (Wildman–Crippen MR) is 162 cm³/mol. The Balaban J connectivity index is 1.55. The standard InChI is InChI=1S/C32H36N4O3S/c1-22(2)27-13-16-29(17-14-27)35(40(38,39)31-10-8-7-9-11-31)21-32(37)34-33-20-28-19-25(5)36(26(28)6)30-15-12-23(3)24(4)18-30/h7-20,22H,21H2,1-6H3,(H,34,37)/b33-20+. The number of hydrogen-bond acceptors (Lipinski definition) is 4. The minimum absolute atomic E-state index is 0.109. The third-order valence-corrected chi connectivity index (χ3v) is 8.87. The molecule has 0 radical (unpaired) electrons. The molecule has 4 rings (SSSR count). The Bertz CT molecular complexity index is 1640. The second-order valence-electron chi connectivity index (χ2n) is 10.3. The van der Waals surface area contributed by atoms with Gasteiger partial charge in [-0.2, -0.15) is 5.10 Å². The van der Waals surface area contributed by atoms with Crippen LogP contribution in [0, 0.1) is 27.7 Å². The molecule has 208 valence electrons. The Morgan fingerprint density at radius 2 is 1.60 bits per heavy atom. The number of carbonyl (C=O) groups is 1. The second-order valence-corrected chi connectivity index (χ2v) is 12.2. The molecule has 0 saturated heterocycles. The van der Waals surface area contributed by atoms with Crippen molar-refractivity contribution in [2.75, 3.05) is 10.8 Å². The van der Waals surface area contributed by atoms with E-state index in [0.29, 0.717) is 11.6 Å². The number of hydrogen-bond donors (Lipinski definition) is 1. The van der Waals surface area contributed by atoms with Gasteiger partial charge in [0.15, 0.2) is 0 Å². The molecule has 0 saturated carbocycles. The van der Waals surface area contributed by atoms with Crippen LogP contribution in [0.25, 0.3) is 5.69 Å². The fourth-order valence-electron chi connectivity index (χ4n) is 4.58. The first-order valence-corrected chi connectivity index (χ1v) is 14.7. The molecular weight excluding hydrogens is 520 g/mol. The number of rotatable bonds is 9. The van der Waals surface area contributed by atoms with E-state index in [0.717, 1.165) is 32.5 Å². The van der Waals surface area contributed by atoms with Crippen LogP contribution in [0.1, 0.15) is 53.4 Å². The third kappa shape index (κ3) is 6.18. The van der Waals surface area contributed by atoms with Crippen molar-refractivity contribution in [2.45, 2.75) is 52.4 Å². The number of benzene rings is 3. The van der Waals surface area contributed by atoms with Gasteiger partial charge in [-0.1, -0.05) is 50.2 Å². The van der Waals surface area contributed by atoms with E-state index in [-0.39, 0.29) is 4.90 Å². The predicted octanol–water partition coefficient (Wildman–Crippen LogP) is 6.18. The maximum Gasteiger partial charge on any atom is 0.264 e. The number of nitrogens with one attached hydrogen (secondary N) is 1. The highest BCUT2D eigenvalue weighted by Gasteiger charge is 2.27. The normalized spacial score (nSPS) is 11.8. The van der Waals surface area contributed by atoms with E-state index in [2.05, 4.69) is 61.0 Å². The first kappa shape index (κ1) is 28.8. The molecule has 1 aromatic heterocycles. The lowest BCUT2D eigenvalue weighted by Gasteiger charge is -2.24. The van der Waals surface area contributed by atoms with Gasteiger partial charge in [0.1, 0.15) is 6.54 Å². The maximum absolute atomic E-state index is 13.6. The summed E-state index contributed by atoms with van der Waals surface area (Å²) in [5, 5.41) is 4.16. The molecule has 1 amide bonds. The van der Waals surface area contributed by atoms with Gasteiger partial charge in [-0.25, -0.2) is 13.8 Å². The number of hydrazone groups is 1. The molecule has 4 aromatic rings. The van der Waals surface area contributed by atoms with Gasteiger partial charge in [-0.05, 0) is 92.8 Å². The smallest absolute Gasteiger partial charge is 0.264 e. The fraction of sp³-hybridized carbons (Fsp3) is 0.250. The molecule has 0 aliphatic carbocycles. The van der Waals surface area contributed by atoms with Gasteiger partial charge in [0, 0.05) is 22.6 Å². The van der Waals surface area contributed by atoms with Crippen molar-refractivity contribution in [3.05, 3.63) is 113 Å². The quantitative estimate of drug-likeness (QED) is 0.197. The van der Waals surface area contributed by atoms with Gasteiger partial charge in [0.25, 0.3) is 15.9 Å². The first-order chi connectivity index (χ1) is 19.0. The molecule has 3 aromatic carbocycles. The summed E-state index contributed by atoms with van der Waals surface area (Å²) in [5.74, 6) is -0.255. The molecule has 8 heteroatoms. The summed E-state index contributed by atoms with van der Waals surface area (Å²) < 4.78 is 30.4. The molecule has 40 heavy (non-hydrogen) atoms. The fourth-order valence-corrected chi connectivity index (χ4v) is 6.02. The van der Waals surface area contributed by atoms with Gasteiger partial charge < -0.3 is 4.57 Å². The molecule has 0 unspecified atom stereocenters. The van der Waals surface area contributed by atoms with Gasteiger partial charge in [0.05, 0.1) is 16.8 Å². The van der Waals surface area contributed by atoms with Gasteiger partial charge in [0.2, 0.25) is 0 Å². The molecule has 0 bridgehead atoms. The summed E-state index contributed by atoms with van der Waals surface area (Å²) >= 11 is 0. The second kappa shape index (κ2) is 11.9. The Kier molecular flexibility index (Phi) is 8.59. The molecule has 1 N–H and O–H groups in total. The third-order valence-electron chi connectivity index (χ3n) is 7.08. The first-order valence-electron chi connectivity index (χ1n) is 13.2. The molecule has 1 heterocycles. The van der Waals surface area contributed by atoms with Crippen molar-refractivity contribution >= 4 is 27.8 Å². The minimum atomic E-state index is -3.99. The van der Waals surface area contributed by atoms with E-state index in [1.807, 2.05) is 32.0 Å². The topological polar surface area (TPSA) is 83.8 Å². The Morgan fingerprint density at radius 1 is 0.925 bits per heavy atom. The summed E-state index contributed by atoms with van der Waals surface area (Å²) in [7, 11) is -3.99. The van der Waals surface area contributed by atoms with Crippen LogP contribution in [0.5, 0.6) is 0 Å². The van der Waals surface area contributed by atoms with Crippen LogP contribution in [-0.4, -0.2) is 31.7 Å². The average molecular weight is 557 g/mol. The molecule has 0 fully saturated rings. The number of anilines is 1. The van der Waals surface area contributed by atoms with Crippen LogP contribution >= 0.6 is 0 Å². The maximum atomic E-state index is 13.6. The average Bonchev–Trinajstić information content (AvgIpc) is 3.21. The van der Waals surface area contributed by atoms with Crippen molar-refractivity contribution in [3.8, 4) is 5.69 Å². The van der Waals surface area contributed by atoms with Crippen LogP contribution < -0.4 is 9.73 Å². The molecule has 0 atom stereocenters. The zero-order chi connectivity index (χ0) is 29.0. The molecular formula is C32H36N4O3S. The van der Waals surface area contributed by atoms with Crippen LogP contribution in [0.15, 0.2) is 88.9 Å². The summed E-state index contributed by atoms with van der Waals surface area (Å²) in [6.45, 7) is 11.9. The largest absolute Gasteiger partial charge is 0.318 e. The van der Waals surface area contributed by atoms with Gasteiger partial charge >= 0.3 is 0 Å². The van der Waals surface area contributed by atoms with Crippen LogP contribution in [0.4, 0.5) is 5.69 Å². The summed E-state index contributed by atoms with van der Waals surface area (Å²) in [4.78, 5) is 13.1. The van der Waals surface area contributed by atoms with Crippen molar-refractivity contribution in [1.82, 2.24) is 9.99 Å². The van der Waals surface area contributed by atoms with Crippen molar-refractivity contribution in [2.24, 2.45) is 5.10 Å². The zero-order valence-corrected chi connectivity index (χ0v) is 24.7. The van der Waals surface area contributed by atoms with Crippen molar-refractivity contribution in [3.63, 3.8) is 0 Å². The van der Waals surface area contributed by atoms with E-state index in [1.54, 1.807) is 36.5 Å². The number of aromatic nitrogens is 1. The summed E-state index contributed by atoms with van der Waals surface area (Å²) in [6.07, 6.45) is 1.59. The minimum Gasteiger partial charge on any atom is -0.318 e. The Labute approximate surface area is 237 Å². The molecule has 0 spiro atoms. The molecule has 0 aliphatic rings. The Hall–Kier alpha value is -4.17. The highest BCUT2D eigenvalue weighted by Crippen LogP contribution is 2.26. The number of carbonyl (C=O) groups excluding carboxylic acids is 1. The van der Waals surface area contributed by atoms with Gasteiger partial charge in [-0.3, -0.25) is 9.10 Å². The highest BCUT2D eigenvalue weighted by molar-refractivity contribution is 7.92. The van der Waals surface area contributed by atoms with E-state index >= 15 is 0 Å². The number of nitrogens with zero attached hydrogens (tertiary/aromatic N) is 3. The summed E-state index contributed by atoms with van der Waals surface area (Å²) in [5.41, 5.74) is 10.4. The van der Waals surface area contributed by atoms with Crippen molar-refractivity contribution < 1.29 is 13.2 Å². The van der Waals surface area contributed by atoms with Crippen LogP contribution in [0.3, 0.4) is 0 Å². The van der Waals surface area contributed by atoms with E-state index in [9.17, 15) is 13.2 Å². The monoisotopic (exact) mass is 556 g/mol. The molecule has 7 nitrogen and oxygen atoms in total. The number of sulfonamides is 1. The van der Waals surface area contributed by atoms with Gasteiger partial charge in [-0.15, -0.1) is 0 Å². The van der Waals surface area contributed by atoms with Crippen LogP contribution in [-0.2, 0) is 14.8 Å². The number of aryl methyl sites for hydroxylation is 3. The Morgan fingerprint density at radius 3 is 2.23 bits per heavy atom. The number of amides is 1.